The zero-order valence-electron chi connectivity index (χ0n) is 10.3. The summed E-state index contributed by atoms with van der Waals surface area (Å²) in [4.78, 5) is 11.6. The van der Waals surface area contributed by atoms with Crippen LogP contribution in [-0.2, 0) is 4.79 Å². The van der Waals surface area contributed by atoms with Gasteiger partial charge in [-0.05, 0) is 42.7 Å². The first-order valence-electron chi connectivity index (χ1n) is 6.06. The van der Waals surface area contributed by atoms with Crippen LogP contribution in [0.2, 0.25) is 10.0 Å². The lowest BCUT2D eigenvalue weighted by Crippen LogP contribution is -2.30. The van der Waals surface area contributed by atoms with Crippen molar-refractivity contribution in [2.75, 3.05) is 13.2 Å². The predicted octanol–water partition coefficient (Wildman–Crippen LogP) is 2.90. The number of carbonyl (C=O) groups is 1. The Hall–Kier alpha value is -1.03. The Labute approximate surface area is 122 Å². The van der Waals surface area contributed by atoms with Gasteiger partial charge < -0.3 is 10.4 Å². The van der Waals surface area contributed by atoms with E-state index in [9.17, 15) is 4.79 Å². The average molecular weight is 300 g/mol. The van der Waals surface area contributed by atoms with Crippen molar-refractivity contribution in [1.82, 2.24) is 5.32 Å². The van der Waals surface area contributed by atoms with Gasteiger partial charge in [0.1, 0.15) is 0 Å². The van der Waals surface area contributed by atoms with Crippen LogP contribution in [0.3, 0.4) is 0 Å². The van der Waals surface area contributed by atoms with Crippen molar-refractivity contribution in [1.29, 1.82) is 0 Å². The van der Waals surface area contributed by atoms with Crippen LogP contribution >= 0.6 is 23.2 Å². The Morgan fingerprint density at radius 2 is 1.95 bits per heavy atom. The standard InChI is InChI=1S/C14H15Cl2NO2/c15-11-5-10(6-12(16)7-11)1-2-13(19)17-8-14(9-18)3-4-14/h1-2,5-7,18H,3-4,8-9H2,(H,17,19)/b2-1+. The van der Waals surface area contributed by atoms with Crippen molar-refractivity contribution in [3.63, 3.8) is 0 Å². The molecule has 0 aliphatic heterocycles. The van der Waals surface area contributed by atoms with Gasteiger partial charge in [-0.25, -0.2) is 0 Å². The predicted molar refractivity (Wildman–Crippen MR) is 77.3 cm³/mol. The largest absolute Gasteiger partial charge is 0.396 e. The number of hydrogen-bond donors (Lipinski definition) is 2. The van der Waals surface area contributed by atoms with Gasteiger partial charge in [0.15, 0.2) is 0 Å². The SMILES string of the molecule is O=C(/C=C/c1cc(Cl)cc(Cl)c1)NCC1(CO)CC1. The molecule has 1 aromatic rings. The van der Waals surface area contributed by atoms with Crippen molar-refractivity contribution in [3.05, 3.63) is 39.9 Å². The van der Waals surface area contributed by atoms with Gasteiger partial charge in [-0.15, -0.1) is 0 Å². The molecule has 19 heavy (non-hydrogen) atoms. The fourth-order valence-corrected chi connectivity index (χ4v) is 2.29. The number of carbonyl (C=O) groups excluding carboxylic acids is 1. The third kappa shape index (κ3) is 4.23. The van der Waals surface area contributed by atoms with Crippen LogP contribution in [-0.4, -0.2) is 24.2 Å². The molecule has 1 fully saturated rings. The highest BCUT2D eigenvalue weighted by molar-refractivity contribution is 6.34. The number of amides is 1. The molecule has 0 saturated heterocycles. The maximum absolute atomic E-state index is 11.6. The summed E-state index contributed by atoms with van der Waals surface area (Å²) in [6.07, 6.45) is 5.04. The molecule has 2 rings (SSSR count). The van der Waals surface area contributed by atoms with E-state index in [0.29, 0.717) is 16.6 Å². The summed E-state index contributed by atoms with van der Waals surface area (Å²) < 4.78 is 0. The molecule has 0 bridgehead atoms. The summed E-state index contributed by atoms with van der Waals surface area (Å²) in [5, 5.41) is 13.0. The first-order chi connectivity index (χ1) is 9.03. The number of halogens is 2. The fourth-order valence-electron chi connectivity index (χ4n) is 1.74. The molecule has 0 spiro atoms. The van der Waals surface area contributed by atoms with Gasteiger partial charge in [0, 0.05) is 28.1 Å². The van der Waals surface area contributed by atoms with E-state index in [2.05, 4.69) is 5.32 Å². The first kappa shape index (κ1) is 14.4. The van der Waals surface area contributed by atoms with Gasteiger partial charge in [0.05, 0.1) is 6.61 Å². The highest BCUT2D eigenvalue weighted by Crippen LogP contribution is 2.44. The van der Waals surface area contributed by atoms with Gasteiger partial charge in [-0.1, -0.05) is 23.2 Å². The van der Waals surface area contributed by atoms with Gasteiger partial charge in [-0.3, -0.25) is 4.79 Å². The van der Waals surface area contributed by atoms with E-state index in [1.165, 1.54) is 6.08 Å². The molecule has 1 aromatic carbocycles. The fraction of sp³-hybridized carbons (Fsp3) is 0.357. The van der Waals surface area contributed by atoms with Crippen molar-refractivity contribution < 1.29 is 9.90 Å². The molecule has 1 aliphatic carbocycles. The smallest absolute Gasteiger partial charge is 0.244 e. The van der Waals surface area contributed by atoms with Crippen LogP contribution < -0.4 is 5.32 Å². The monoisotopic (exact) mass is 299 g/mol. The molecule has 5 heteroatoms. The topological polar surface area (TPSA) is 49.3 Å². The number of aliphatic hydroxyl groups is 1. The van der Waals surface area contributed by atoms with E-state index in [4.69, 9.17) is 28.3 Å². The highest BCUT2D eigenvalue weighted by Gasteiger charge is 2.41. The van der Waals surface area contributed by atoms with E-state index >= 15 is 0 Å². The Morgan fingerprint density at radius 3 is 2.47 bits per heavy atom. The molecule has 0 radical (unpaired) electrons. The average Bonchev–Trinajstić information content (AvgIpc) is 3.13. The van der Waals surface area contributed by atoms with Crippen LogP contribution in [0.5, 0.6) is 0 Å². The van der Waals surface area contributed by atoms with E-state index in [-0.39, 0.29) is 17.9 Å². The number of nitrogens with one attached hydrogen (secondary N) is 1. The van der Waals surface area contributed by atoms with Crippen LogP contribution in [0.1, 0.15) is 18.4 Å². The van der Waals surface area contributed by atoms with E-state index < -0.39 is 0 Å². The van der Waals surface area contributed by atoms with Gasteiger partial charge in [0.2, 0.25) is 5.91 Å². The molecule has 102 valence electrons. The Bertz CT molecular complexity index is 490. The summed E-state index contributed by atoms with van der Waals surface area (Å²) in [6.45, 7) is 0.643. The lowest BCUT2D eigenvalue weighted by atomic mass is 10.1. The second kappa shape index (κ2) is 5.95. The molecule has 2 N–H and O–H groups in total. The zero-order chi connectivity index (χ0) is 13.9. The quantitative estimate of drug-likeness (QED) is 0.822. The van der Waals surface area contributed by atoms with E-state index in [0.717, 1.165) is 18.4 Å². The minimum absolute atomic E-state index is 0.0805. The Morgan fingerprint density at radius 1 is 1.32 bits per heavy atom. The van der Waals surface area contributed by atoms with Crippen molar-refractivity contribution in [2.45, 2.75) is 12.8 Å². The molecular weight excluding hydrogens is 285 g/mol. The molecule has 1 saturated carbocycles. The summed E-state index contributed by atoms with van der Waals surface area (Å²) in [6, 6.07) is 5.10. The number of rotatable bonds is 5. The van der Waals surface area contributed by atoms with Gasteiger partial charge in [-0.2, -0.15) is 0 Å². The molecule has 1 amide bonds. The van der Waals surface area contributed by atoms with Gasteiger partial charge >= 0.3 is 0 Å². The molecular formula is C14H15Cl2NO2. The molecule has 0 unspecified atom stereocenters. The van der Waals surface area contributed by atoms with Crippen molar-refractivity contribution >= 4 is 35.2 Å². The van der Waals surface area contributed by atoms with E-state index in [1.807, 2.05) is 0 Å². The first-order valence-corrected chi connectivity index (χ1v) is 6.81. The summed E-state index contributed by atoms with van der Waals surface area (Å²) in [7, 11) is 0. The maximum Gasteiger partial charge on any atom is 0.244 e. The minimum atomic E-state index is -0.184. The van der Waals surface area contributed by atoms with Crippen molar-refractivity contribution in [2.24, 2.45) is 5.41 Å². The Kier molecular flexibility index (Phi) is 4.50. The zero-order valence-corrected chi connectivity index (χ0v) is 11.8. The number of hydrogen-bond acceptors (Lipinski definition) is 2. The number of benzene rings is 1. The molecule has 0 atom stereocenters. The van der Waals surface area contributed by atoms with Crippen LogP contribution in [0.4, 0.5) is 0 Å². The third-order valence-electron chi connectivity index (χ3n) is 3.24. The highest BCUT2D eigenvalue weighted by atomic mass is 35.5. The second-order valence-electron chi connectivity index (χ2n) is 4.91. The molecule has 1 aliphatic rings. The number of aliphatic hydroxyl groups excluding tert-OH is 1. The summed E-state index contributed by atoms with van der Waals surface area (Å²) in [5.41, 5.74) is 0.694. The minimum Gasteiger partial charge on any atom is -0.396 e. The third-order valence-corrected chi connectivity index (χ3v) is 3.68. The normalized spacial score (nSPS) is 16.6. The van der Waals surface area contributed by atoms with Gasteiger partial charge in [0.25, 0.3) is 0 Å². The summed E-state index contributed by atoms with van der Waals surface area (Å²) in [5.74, 6) is -0.184. The second-order valence-corrected chi connectivity index (χ2v) is 5.78. The lowest BCUT2D eigenvalue weighted by molar-refractivity contribution is -0.116. The van der Waals surface area contributed by atoms with Crippen molar-refractivity contribution in [3.8, 4) is 0 Å². The molecule has 0 aromatic heterocycles. The lowest BCUT2D eigenvalue weighted by Gasteiger charge is -2.11. The maximum atomic E-state index is 11.6. The van der Waals surface area contributed by atoms with Crippen LogP contribution in [0.15, 0.2) is 24.3 Å². The molecule has 0 heterocycles. The molecule has 3 nitrogen and oxygen atoms in total. The Balaban J connectivity index is 1.89. The van der Waals surface area contributed by atoms with E-state index in [1.54, 1.807) is 24.3 Å². The van der Waals surface area contributed by atoms with Crippen LogP contribution in [0.25, 0.3) is 6.08 Å². The summed E-state index contributed by atoms with van der Waals surface area (Å²) >= 11 is 11.7. The van der Waals surface area contributed by atoms with Crippen LogP contribution in [0, 0.1) is 5.41 Å².